The number of nitrogens with zero attached hydrogens (tertiary/aromatic N) is 2. The van der Waals surface area contributed by atoms with Gasteiger partial charge in [-0.15, -0.1) is 11.8 Å². The fourth-order valence-corrected chi connectivity index (χ4v) is 25.3. The number of halogens is 2. The monoisotopic (exact) mass is 1460 g/mol. The molecule has 18 unspecified atom stereocenters. The second-order valence-electron chi connectivity index (χ2n) is 35.5. The van der Waals surface area contributed by atoms with Gasteiger partial charge in [0.2, 0.25) is 0 Å². The van der Waals surface area contributed by atoms with E-state index in [-0.39, 0.29) is 41.0 Å². The van der Waals surface area contributed by atoms with Crippen LogP contribution in [0, 0.1) is 65.1 Å². The highest BCUT2D eigenvalue weighted by Crippen LogP contribution is 2.64. The van der Waals surface area contributed by atoms with E-state index in [1.807, 2.05) is 6.08 Å². The van der Waals surface area contributed by atoms with Crippen molar-refractivity contribution in [3.8, 4) is 11.1 Å². The lowest BCUT2D eigenvalue weighted by Crippen LogP contribution is -2.45. The van der Waals surface area contributed by atoms with Gasteiger partial charge >= 0.3 is 0 Å². The van der Waals surface area contributed by atoms with E-state index in [0.29, 0.717) is 83.8 Å². The summed E-state index contributed by atoms with van der Waals surface area (Å²) in [6.45, 7) is 14.0. The summed E-state index contributed by atoms with van der Waals surface area (Å²) < 4.78 is 29.3. The Kier molecular flexibility index (Phi) is 19.4. The molecule has 19 aliphatic rings. The molecule has 4 aromatic rings. The summed E-state index contributed by atoms with van der Waals surface area (Å²) in [5.74, 6) is 4.45. The van der Waals surface area contributed by atoms with Gasteiger partial charge in [0.05, 0.1) is 6.04 Å². The molecule has 4 aromatic carbocycles. The van der Waals surface area contributed by atoms with E-state index >= 15 is 0 Å². The second kappa shape index (κ2) is 29.8. The average molecular weight is 1460 g/mol. The first-order chi connectivity index (χ1) is 53.4. The fourth-order valence-electron chi connectivity index (χ4n) is 23.9. The molecule has 6 aliphatic heterocycles. The molecule has 0 fully saturated rings. The number of thioether (sulfide) groups is 1. The summed E-state index contributed by atoms with van der Waals surface area (Å²) in [6, 6.07) is 35.4. The largest absolute Gasteiger partial charge is 0.342 e. The standard InChI is InChI=1S/C104H110F2N2S/c1-6-69-27-39-78(40-28-69)104(100-58-66(3)22-24-68(100)5)99-20-10-9-17-92(99)93-54-50-86(64-101(93)104)108(81-45-35-72(36-46-81)77-14-11-13-76(60-77)71-31-41-79(105)42-32-71)85-52-56-103-98(63-85)97-62-84(51-55-102(97)109-103)107-82-47-37-75(38-48-82)89-19-12-18-88(74-33-43-80(106)44-34-74)95(89)59-70-25-29-73(30-26-70)87-15-7-8-16-90(87)91-53-49-83(107)61-96(91)94-57-65(2)21-23-67(94)4/h6-10,12-13,15-23,25-31,33,35,39,43-44,47,49-51,53-55,59,62-64,68,74-75,77-79,81,83,87-88,90-91,94,96,98,100,103H,1,11,14,24,32,34,36-38,40-42,45-46,48,52,56-58,60-61H2,2-5H3/b95-59-. The Morgan fingerprint density at radius 3 is 2.32 bits per heavy atom. The number of rotatable bonds is 11. The molecule has 23 rings (SSSR count). The minimum Gasteiger partial charge on any atom is -0.342 e. The number of hydrogen-bond acceptors (Lipinski definition) is 3. The van der Waals surface area contributed by atoms with Gasteiger partial charge in [-0.1, -0.05) is 230 Å². The minimum atomic E-state index is -0.695. The number of allylic oxidation sites excluding steroid dienone is 34. The van der Waals surface area contributed by atoms with E-state index in [9.17, 15) is 8.78 Å². The molecule has 6 heterocycles. The SMILES string of the molecule is C=CC1=CCC(C2(C3CC(C)=CCC3C)c3ccccc3-c3ccc(N(C4=CC5c6cc(N7C8=CCC(CC8)C8=CC=CC(C9C=CC(F)=CC9)/C8=C/c8ccc(cc8)C8C=CC=CC8C8C=CC7CC8C7CC(C)=CC=C7C)ccc6SC5CC4)C4CC=C(C5CCC=C(C6=CCC(F)CC6)C5)CC4)cc32)C=C1. The van der Waals surface area contributed by atoms with Crippen LogP contribution in [0.2, 0.25) is 0 Å². The van der Waals surface area contributed by atoms with Crippen LogP contribution < -0.4 is 9.80 Å². The molecular weight excluding hydrogens is 1350 g/mol. The fraction of sp³-hybridized carbons (Fsp3) is 0.404. The van der Waals surface area contributed by atoms with Crippen LogP contribution >= 0.6 is 11.8 Å². The van der Waals surface area contributed by atoms with Crippen molar-refractivity contribution in [3.63, 3.8) is 0 Å². The van der Waals surface area contributed by atoms with E-state index in [4.69, 9.17) is 0 Å². The molecule has 0 amide bonds. The van der Waals surface area contributed by atoms with Crippen molar-refractivity contribution in [3.05, 3.63) is 333 Å². The zero-order chi connectivity index (χ0) is 73.6. The van der Waals surface area contributed by atoms with E-state index < -0.39 is 6.17 Å². The van der Waals surface area contributed by atoms with Crippen molar-refractivity contribution in [2.24, 2.45) is 65.1 Å². The lowest BCUT2D eigenvalue weighted by Gasteiger charge is -2.49. The maximum Gasteiger partial charge on any atom is 0.118 e. The molecule has 6 bridgehead atoms. The maximum absolute atomic E-state index is 14.7. The van der Waals surface area contributed by atoms with Crippen molar-refractivity contribution in [2.45, 2.75) is 202 Å². The van der Waals surface area contributed by atoms with Crippen LogP contribution in [0.1, 0.15) is 196 Å². The van der Waals surface area contributed by atoms with E-state index in [1.54, 1.807) is 17.7 Å². The van der Waals surface area contributed by atoms with Gasteiger partial charge in [-0.05, 0) is 318 Å². The summed E-state index contributed by atoms with van der Waals surface area (Å²) in [4.78, 5) is 7.28. The Morgan fingerprint density at radius 1 is 0.624 bits per heavy atom. The lowest BCUT2D eigenvalue weighted by molar-refractivity contribution is 0.176. The van der Waals surface area contributed by atoms with Crippen molar-refractivity contribution in [1.29, 1.82) is 0 Å². The summed E-state index contributed by atoms with van der Waals surface area (Å²) in [7, 11) is 0. The molecule has 0 saturated heterocycles. The van der Waals surface area contributed by atoms with Gasteiger partial charge in [0.25, 0.3) is 0 Å². The van der Waals surface area contributed by atoms with Gasteiger partial charge in [-0.3, -0.25) is 0 Å². The first-order valence-electron chi connectivity index (χ1n) is 42.4. The summed E-state index contributed by atoms with van der Waals surface area (Å²) in [6.07, 6.45) is 79.6. The van der Waals surface area contributed by atoms with Crippen molar-refractivity contribution < 1.29 is 8.78 Å². The molecular formula is C104H110F2N2S. The first kappa shape index (κ1) is 71.1. The van der Waals surface area contributed by atoms with E-state index in [2.05, 4.69) is 274 Å². The third kappa shape index (κ3) is 13.1. The van der Waals surface area contributed by atoms with Gasteiger partial charge in [0, 0.05) is 62.1 Å². The molecule has 18 atom stereocenters. The molecule has 2 nitrogen and oxygen atoms in total. The van der Waals surface area contributed by atoms with Crippen LogP contribution in [0.5, 0.6) is 0 Å². The Morgan fingerprint density at radius 2 is 1.50 bits per heavy atom. The van der Waals surface area contributed by atoms with Crippen LogP contribution in [0.15, 0.2) is 310 Å². The normalized spacial score (nSPS) is 34.6. The third-order valence-corrected chi connectivity index (χ3v) is 31.0. The Labute approximate surface area is 654 Å². The Hall–Kier alpha value is -8.25. The molecule has 556 valence electrons. The summed E-state index contributed by atoms with van der Waals surface area (Å²) in [5, 5.41) is 0.465. The highest BCUT2D eigenvalue weighted by atomic mass is 32.2. The van der Waals surface area contributed by atoms with E-state index in [1.165, 1.54) is 118 Å². The Bertz CT molecular complexity index is 4910. The molecule has 13 aliphatic carbocycles. The third-order valence-electron chi connectivity index (χ3n) is 29.5. The van der Waals surface area contributed by atoms with Gasteiger partial charge in [-0.2, -0.15) is 0 Å². The predicted molar refractivity (Wildman–Crippen MR) is 455 cm³/mol. The average Bonchev–Trinajstić information content (AvgIpc) is 1.54. The topological polar surface area (TPSA) is 6.48 Å². The summed E-state index contributed by atoms with van der Waals surface area (Å²) >= 11 is 2.16. The smallest absolute Gasteiger partial charge is 0.118 e. The molecule has 0 aromatic heterocycles. The first-order valence-corrected chi connectivity index (χ1v) is 43.3. The van der Waals surface area contributed by atoms with Crippen molar-refractivity contribution in [1.82, 2.24) is 0 Å². The molecule has 0 spiro atoms. The van der Waals surface area contributed by atoms with Crippen molar-refractivity contribution >= 4 is 29.2 Å². The Balaban J connectivity index is 0.722. The van der Waals surface area contributed by atoms with Gasteiger partial charge < -0.3 is 9.80 Å². The van der Waals surface area contributed by atoms with Gasteiger partial charge in [-0.25, -0.2) is 8.78 Å². The lowest BCUT2D eigenvalue weighted by atomic mass is 9.54. The van der Waals surface area contributed by atoms with Crippen LogP contribution in [-0.2, 0) is 5.41 Å². The van der Waals surface area contributed by atoms with Crippen molar-refractivity contribution in [2.75, 3.05) is 9.80 Å². The molecule has 5 heteroatoms. The second-order valence-corrected chi connectivity index (χ2v) is 36.8. The highest BCUT2D eigenvalue weighted by Gasteiger charge is 2.55. The number of anilines is 2. The molecule has 0 saturated carbocycles. The number of hydrogen-bond donors (Lipinski definition) is 0. The zero-order valence-electron chi connectivity index (χ0n) is 64.7. The number of fused-ring (bicyclic) bond motifs is 7. The predicted octanol–water partition coefficient (Wildman–Crippen LogP) is 27.5. The number of alkyl halides is 1. The summed E-state index contributed by atoms with van der Waals surface area (Å²) in [5.41, 5.74) is 28.7. The van der Waals surface area contributed by atoms with Gasteiger partial charge in [0.15, 0.2) is 0 Å². The van der Waals surface area contributed by atoms with Crippen LogP contribution in [0.4, 0.5) is 20.2 Å². The van der Waals surface area contributed by atoms with E-state index in [0.717, 1.165) is 103 Å². The zero-order valence-corrected chi connectivity index (χ0v) is 65.6. The minimum absolute atomic E-state index is 0.121. The molecule has 0 N–H and O–H groups in total. The van der Waals surface area contributed by atoms with Gasteiger partial charge in [0.1, 0.15) is 12.0 Å². The maximum atomic E-state index is 14.7. The molecule has 0 radical (unpaired) electrons. The van der Waals surface area contributed by atoms with Crippen LogP contribution in [0.3, 0.4) is 0 Å². The molecule has 109 heavy (non-hydrogen) atoms. The highest BCUT2D eigenvalue weighted by molar-refractivity contribution is 8.00. The van der Waals surface area contributed by atoms with Crippen LogP contribution in [-0.4, -0.2) is 23.5 Å². The quantitative estimate of drug-likeness (QED) is 0.138. The van der Waals surface area contributed by atoms with Crippen LogP contribution in [0.25, 0.3) is 17.2 Å². The number of benzene rings is 4.